The average Bonchev–Trinajstić information content (AvgIpc) is 3.01. The predicted molar refractivity (Wildman–Crippen MR) is 87.4 cm³/mol. The Labute approximate surface area is 145 Å². The molecule has 0 aliphatic carbocycles. The van der Waals surface area contributed by atoms with Crippen molar-refractivity contribution in [2.45, 2.75) is 38.4 Å². The molecule has 3 rings (SSSR count). The van der Waals surface area contributed by atoms with Crippen molar-refractivity contribution in [2.24, 2.45) is 0 Å². The van der Waals surface area contributed by atoms with Crippen molar-refractivity contribution >= 4 is 5.91 Å². The molecule has 0 spiro atoms. The highest BCUT2D eigenvalue weighted by molar-refractivity contribution is 5.76. The third-order valence-corrected chi connectivity index (χ3v) is 4.68. The number of aromatic nitrogens is 1. The predicted octanol–water partition coefficient (Wildman–Crippen LogP) is 2.97. The summed E-state index contributed by atoms with van der Waals surface area (Å²) in [7, 11) is 2.00. The number of likely N-dealkylation sites (tertiary alicyclic amines) is 1. The van der Waals surface area contributed by atoms with Crippen LogP contribution < -0.4 is 0 Å². The molecule has 1 fully saturated rings. The number of carbonyl (C=O) groups is 1. The summed E-state index contributed by atoms with van der Waals surface area (Å²) in [5.41, 5.74) is 1.19. The highest BCUT2D eigenvalue weighted by Gasteiger charge is 2.25. The van der Waals surface area contributed by atoms with Crippen LogP contribution in [0.15, 0.2) is 35.1 Å². The zero-order valence-corrected chi connectivity index (χ0v) is 14.1. The fourth-order valence-corrected chi connectivity index (χ4v) is 3.19. The first-order valence-electron chi connectivity index (χ1n) is 8.34. The summed E-state index contributed by atoms with van der Waals surface area (Å²) in [4.78, 5) is 16.2. The molecular weight excluding hydrogens is 328 g/mol. The van der Waals surface area contributed by atoms with Crippen LogP contribution in [0, 0.1) is 11.6 Å². The Bertz CT molecular complexity index is 721. The lowest BCUT2D eigenvalue weighted by Crippen LogP contribution is -2.33. The minimum Gasteiger partial charge on any atom is -0.364 e. The molecule has 1 unspecified atom stereocenters. The first-order valence-corrected chi connectivity index (χ1v) is 8.34. The van der Waals surface area contributed by atoms with Crippen LogP contribution >= 0.6 is 0 Å². The van der Waals surface area contributed by atoms with E-state index in [1.54, 1.807) is 11.2 Å². The Morgan fingerprint density at radius 1 is 1.32 bits per heavy atom. The topological polar surface area (TPSA) is 49.6 Å². The molecule has 134 valence electrons. The van der Waals surface area contributed by atoms with Crippen LogP contribution in [0.2, 0.25) is 0 Å². The number of halogens is 2. The number of hydrogen-bond donors (Lipinski definition) is 0. The fourth-order valence-electron chi connectivity index (χ4n) is 3.19. The second kappa shape index (κ2) is 7.74. The lowest BCUT2D eigenvalue weighted by Gasteiger charge is -2.26. The third kappa shape index (κ3) is 4.42. The standard InChI is InChI=1S/C18H21F2N3O2/c1-22(12-15-7-9-25-21-15)16-4-5-18(24)23(8-6-16)11-13-2-3-14(19)10-17(13)20/h2-3,7,9-10,16H,4-6,8,11-12H2,1H3. The summed E-state index contributed by atoms with van der Waals surface area (Å²) in [5, 5.41) is 3.91. The number of benzene rings is 1. The highest BCUT2D eigenvalue weighted by Crippen LogP contribution is 2.21. The summed E-state index contributed by atoms with van der Waals surface area (Å²) < 4.78 is 31.7. The Morgan fingerprint density at radius 3 is 2.88 bits per heavy atom. The molecule has 1 amide bonds. The Morgan fingerprint density at radius 2 is 2.16 bits per heavy atom. The van der Waals surface area contributed by atoms with E-state index < -0.39 is 11.6 Å². The number of amides is 1. The molecule has 0 bridgehead atoms. The van der Waals surface area contributed by atoms with E-state index in [9.17, 15) is 13.6 Å². The number of carbonyl (C=O) groups excluding carboxylic acids is 1. The molecule has 0 N–H and O–H groups in total. The van der Waals surface area contributed by atoms with E-state index in [0.717, 1.165) is 24.6 Å². The Hall–Kier alpha value is -2.28. The van der Waals surface area contributed by atoms with E-state index in [1.165, 1.54) is 12.1 Å². The summed E-state index contributed by atoms with van der Waals surface area (Å²) in [6.45, 7) is 1.37. The van der Waals surface area contributed by atoms with E-state index in [1.807, 2.05) is 13.1 Å². The van der Waals surface area contributed by atoms with E-state index in [0.29, 0.717) is 25.1 Å². The SMILES string of the molecule is CN(Cc1ccon1)C1CCC(=O)N(Cc2ccc(F)cc2F)CC1. The minimum atomic E-state index is -0.614. The molecule has 0 radical (unpaired) electrons. The molecule has 1 aliphatic rings. The van der Waals surface area contributed by atoms with Gasteiger partial charge in [0.2, 0.25) is 5.91 Å². The second-order valence-electron chi connectivity index (χ2n) is 6.44. The van der Waals surface area contributed by atoms with Gasteiger partial charge in [-0.3, -0.25) is 9.69 Å². The van der Waals surface area contributed by atoms with Gasteiger partial charge >= 0.3 is 0 Å². The normalized spacial score (nSPS) is 18.6. The van der Waals surface area contributed by atoms with Crippen molar-refractivity contribution in [3.05, 3.63) is 53.4 Å². The van der Waals surface area contributed by atoms with Crippen molar-refractivity contribution in [1.29, 1.82) is 0 Å². The van der Waals surface area contributed by atoms with Gasteiger partial charge in [0.05, 0.1) is 5.69 Å². The van der Waals surface area contributed by atoms with Crippen molar-refractivity contribution < 1.29 is 18.1 Å². The van der Waals surface area contributed by atoms with Gasteiger partial charge in [-0.25, -0.2) is 8.78 Å². The van der Waals surface area contributed by atoms with E-state index in [4.69, 9.17) is 4.52 Å². The quantitative estimate of drug-likeness (QED) is 0.833. The van der Waals surface area contributed by atoms with Gasteiger partial charge in [0, 0.05) is 49.8 Å². The van der Waals surface area contributed by atoms with Gasteiger partial charge in [0.15, 0.2) is 0 Å². The number of nitrogens with zero attached hydrogens (tertiary/aromatic N) is 3. The molecule has 7 heteroatoms. The smallest absolute Gasteiger partial charge is 0.222 e. The Balaban J connectivity index is 1.61. The molecule has 1 aromatic carbocycles. The maximum absolute atomic E-state index is 13.8. The zero-order valence-electron chi connectivity index (χ0n) is 14.1. The Kier molecular flexibility index (Phi) is 5.43. The van der Waals surface area contributed by atoms with Crippen LogP contribution in [0.25, 0.3) is 0 Å². The largest absolute Gasteiger partial charge is 0.364 e. The van der Waals surface area contributed by atoms with Gasteiger partial charge in [0.25, 0.3) is 0 Å². The molecule has 1 aliphatic heterocycles. The molecule has 2 aromatic rings. The molecule has 1 saturated heterocycles. The fraction of sp³-hybridized carbons (Fsp3) is 0.444. The molecule has 1 atom stereocenters. The summed E-state index contributed by atoms with van der Waals surface area (Å²) in [6.07, 6.45) is 3.49. The van der Waals surface area contributed by atoms with Gasteiger partial charge in [0.1, 0.15) is 17.9 Å². The first-order chi connectivity index (χ1) is 12.0. The number of hydrogen-bond acceptors (Lipinski definition) is 4. The molecule has 25 heavy (non-hydrogen) atoms. The molecule has 1 aromatic heterocycles. The lowest BCUT2D eigenvalue weighted by molar-refractivity contribution is -0.131. The van der Waals surface area contributed by atoms with Crippen molar-refractivity contribution in [2.75, 3.05) is 13.6 Å². The van der Waals surface area contributed by atoms with Crippen LogP contribution in [0.5, 0.6) is 0 Å². The minimum absolute atomic E-state index is 0.000983. The molecule has 0 saturated carbocycles. The van der Waals surface area contributed by atoms with Crippen LogP contribution in [-0.4, -0.2) is 40.5 Å². The van der Waals surface area contributed by atoms with E-state index in [2.05, 4.69) is 10.1 Å². The van der Waals surface area contributed by atoms with Crippen molar-refractivity contribution in [1.82, 2.24) is 15.0 Å². The molecule has 2 heterocycles. The molecule has 5 nitrogen and oxygen atoms in total. The van der Waals surface area contributed by atoms with Gasteiger partial charge in [-0.1, -0.05) is 11.2 Å². The monoisotopic (exact) mass is 349 g/mol. The van der Waals surface area contributed by atoms with E-state index >= 15 is 0 Å². The highest BCUT2D eigenvalue weighted by atomic mass is 19.1. The number of rotatable bonds is 5. The van der Waals surface area contributed by atoms with Crippen LogP contribution in [0.3, 0.4) is 0 Å². The van der Waals surface area contributed by atoms with Gasteiger partial charge in [-0.2, -0.15) is 0 Å². The van der Waals surface area contributed by atoms with Crippen LogP contribution in [0.4, 0.5) is 8.78 Å². The third-order valence-electron chi connectivity index (χ3n) is 4.68. The van der Waals surface area contributed by atoms with Crippen LogP contribution in [-0.2, 0) is 17.9 Å². The summed E-state index contributed by atoms with van der Waals surface area (Å²) >= 11 is 0. The average molecular weight is 349 g/mol. The van der Waals surface area contributed by atoms with E-state index in [-0.39, 0.29) is 18.5 Å². The second-order valence-corrected chi connectivity index (χ2v) is 6.44. The van der Waals surface area contributed by atoms with Crippen LogP contribution in [0.1, 0.15) is 30.5 Å². The summed E-state index contributed by atoms with van der Waals surface area (Å²) in [6, 6.07) is 5.53. The van der Waals surface area contributed by atoms with Gasteiger partial charge < -0.3 is 9.42 Å². The first kappa shape index (κ1) is 17.5. The maximum atomic E-state index is 13.8. The van der Waals surface area contributed by atoms with Crippen molar-refractivity contribution in [3.8, 4) is 0 Å². The summed E-state index contributed by atoms with van der Waals surface area (Å²) in [5.74, 6) is -1.23. The van der Waals surface area contributed by atoms with Crippen molar-refractivity contribution in [3.63, 3.8) is 0 Å². The molecular formula is C18H21F2N3O2. The zero-order chi connectivity index (χ0) is 17.8. The maximum Gasteiger partial charge on any atom is 0.222 e. The lowest BCUT2D eigenvalue weighted by atomic mass is 10.1. The van der Waals surface area contributed by atoms with Gasteiger partial charge in [-0.15, -0.1) is 0 Å². The van der Waals surface area contributed by atoms with Gasteiger partial charge in [-0.05, 0) is 26.0 Å².